The fourth-order valence-electron chi connectivity index (χ4n) is 5.05. The molecule has 1 N–H and O–H groups in total. The van der Waals surface area contributed by atoms with Crippen molar-refractivity contribution in [2.45, 2.75) is 38.8 Å². The van der Waals surface area contributed by atoms with Gasteiger partial charge in [0.25, 0.3) is 5.91 Å². The van der Waals surface area contributed by atoms with Gasteiger partial charge in [-0.2, -0.15) is 5.10 Å². The zero-order chi connectivity index (χ0) is 23.8. The molecule has 0 spiro atoms. The highest BCUT2D eigenvalue weighted by atomic mass is 16.1. The second-order valence-corrected chi connectivity index (χ2v) is 9.44. The average molecular weight is 455 g/mol. The molecular weight excluding hydrogens is 424 g/mol. The van der Waals surface area contributed by atoms with E-state index < -0.39 is 0 Å². The first kappa shape index (κ1) is 22.2. The molecule has 7 heteroatoms. The highest BCUT2D eigenvalue weighted by molar-refractivity contribution is 6.01. The van der Waals surface area contributed by atoms with Crippen LogP contribution >= 0.6 is 0 Å². The van der Waals surface area contributed by atoms with Crippen LogP contribution in [0.2, 0.25) is 0 Å². The lowest BCUT2D eigenvalue weighted by Crippen LogP contribution is -2.39. The van der Waals surface area contributed by atoms with Crippen LogP contribution in [0.4, 0.5) is 0 Å². The summed E-state index contributed by atoms with van der Waals surface area (Å²) in [6.07, 6.45) is 7.57. The summed E-state index contributed by atoms with van der Waals surface area (Å²) in [5, 5.41) is 8.86. The minimum absolute atomic E-state index is 0.0585. The normalized spacial score (nSPS) is 16.1. The van der Waals surface area contributed by atoms with Gasteiger partial charge >= 0.3 is 0 Å². The van der Waals surface area contributed by atoms with E-state index in [0.29, 0.717) is 5.56 Å². The number of pyridine rings is 2. The molecule has 1 aliphatic heterocycles. The first-order valence-corrected chi connectivity index (χ1v) is 11.7. The lowest BCUT2D eigenvalue weighted by atomic mass is 9.99. The number of aromatic nitrogens is 4. The van der Waals surface area contributed by atoms with E-state index in [-0.39, 0.29) is 18.0 Å². The topological polar surface area (TPSA) is 75.9 Å². The number of carbonyl (C=O) groups is 1. The van der Waals surface area contributed by atoms with Crippen molar-refractivity contribution in [3.05, 3.63) is 77.5 Å². The van der Waals surface area contributed by atoms with Crippen LogP contribution in [-0.2, 0) is 6.42 Å². The van der Waals surface area contributed by atoms with Gasteiger partial charge in [-0.15, -0.1) is 0 Å². The van der Waals surface area contributed by atoms with E-state index in [1.54, 1.807) is 0 Å². The lowest BCUT2D eigenvalue weighted by Gasteiger charge is -2.18. The molecule has 34 heavy (non-hydrogen) atoms. The Balaban J connectivity index is 1.46. The van der Waals surface area contributed by atoms with Crippen molar-refractivity contribution in [3.8, 4) is 11.1 Å². The van der Waals surface area contributed by atoms with Gasteiger partial charge in [0, 0.05) is 47.2 Å². The standard InChI is InChI=1S/C27H30N6O/c1-17-6-5-12-29-26(17)25-10-9-24-22(15-30-33(24)25)20-11-13-28-23-14-19(7-8-21(20)23)27(34)31-18(2)16-32(3)4/h5-8,11-15,18,25H,9-10,16H2,1-4H3,(H,31,34). The third-order valence-corrected chi connectivity index (χ3v) is 6.53. The molecule has 174 valence electrons. The largest absolute Gasteiger partial charge is 0.348 e. The molecule has 1 aliphatic rings. The summed E-state index contributed by atoms with van der Waals surface area (Å²) in [7, 11) is 3.99. The van der Waals surface area contributed by atoms with Crippen molar-refractivity contribution in [1.82, 2.24) is 30.0 Å². The zero-order valence-corrected chi connectivity index (χ0v) is 20.1. The lowest BCUT2D eigenvalue weighted by molar-refractivity contribution is 0.0934. The van der Waals surface area contributed by atoms with E-state index in [0.717, 1.165) is 47.1 Å². The Labute approximate surface area is 199 Å². The third-order valence-electron chi connectivity index (χ3n) is 6.53. The first-order valence-electron chi connectivity index (χ1n) is 11.7. The van der Waals surface area contributed by atoms with E-state index in [4.69, 9.17) is 5.10 Å². The van der Waals surface area contributed by atoms with Crippen LogP contribution in [0.1, 0.15) is 46.7 Å². The molecule has 5 rings (SSSR count). The molecule has 4 heterocycles. The Morgan fingerprint density at radius 3 is 2.82 bits per heavy atom. The summed E-state index contributed by atoms with van der Waals surface area (Å²) >= 11 is 0. The molecule has 4 aromatic rings. The van der Waals surface area contributed by atoms with Crippen LogP contribution in [0.5, 0.6) is 0 Å². The van der Waals surface area contributed by atoms with E-state index in [1.165, 1.54) is 11.3 Å². The van der Waals surface area contributed by atoms with E-state index in [1.807, 2.05) is 69.9 Å². The number of hydrogen-bond acceptors (Lipinski definition) is 5. The number of likely N-dealkylation sites (N-methyl/N-ethyl adjacent to an activating group) is 1. The fraction of sp³-hybridized carbons (Fsp3) is 0.333. The first-order chi connectivity index (χ1) is 16.4. The Kier molecular flexibility index (Phi) is 5.87. The van der Waals surface area contributed by atoms with Crippen molar-refractivity contribution in [2.24, 2.45) is 0 Å². The summed E-state index contributed by atoms with van der Waals surface area (Å²) < 4.78 is 2.13. The number of carbonyl (C=O) groups excluding carboxylic acids is 1. The Hall–Kier alpha value is -3.58. The van der Waals surface area contributed by atoms with Gasteiger partial charge in [0.05, 0.1) is 23.4 Å². The summed E-state index contributed by atoms with van der Waals surface area (Å²) in [5.41, 5.74) is 7.15. The second kappa shape index (κ2) is 8.99. The van der Waals surface area contributed by atoms with Gasteiger partial charge in [-0.3, -0.25) is 19.4 Å². The summed E-state index contributed by atoms with van der Waals surface area (Å²) in [6.45, 7) is 4.90. The molecule has 0 fully saturated rings. The number of benzene rings is 1. The van der Waals surface area contributed by atoms with Crippen molar-refractivity contribution >= 4 is 16.8 Å². The highest BCUT2D eigenvalue weighted by Gasteiger charge is 2.29. The molecule has 3 aromatic heterocycles. The summed E-state index contributed by atoms with van der Waals surface area (Å²) in [4.78, 5) is 24.0. The Morgan fingerprint density at radius 2 is 2.03 bits per heavy atom. The number of amides is 1. The van der Waals surface area contributed by atoms with Gasteiger partial charge in [0.2, 0.25) is 0 Å². The molecule has 2 unspecified atom stereocenters. The minimum Gasteiger partial charge on any atom is -0.348 e. The zero-order valence-electron chi connectivity index (χ0n) is 20.1. The predicted molar refractivity (Wildman–Crippen MR) is 134 cm³/mol. The number of hydrogen-bond donors (Lipinski definition) is 1. The van der Waals surface area contributed by atoms with Crippen molar-refractivity contribution in [3.63, 3.8) is 0 Å². The molecule has 0 saturated carbocycles. The van der Waals surface area contributed by atoms with E-state index in [2.05, 4.69) is 37.9 Å². The fourth-order valence-corrected chi connectivity index (χ4v) is 5.05. The number of fused-ring (bicyclic) bond motifs is 2. The Bertz CT molecular complexity index is 1360. The number of aryl methyl sites for hydroxylation is 1. The summed E-state index contributed by atoms with van der Waals surface area (Å²) in [6, 6.07) is 12.1. The van der Waals surface area contributed by atoms with Crippen molar-refractivity contribution in [2.75, 3.05) is 20.6 Å². The minimum atomic E-state index is -0.0801. The van der Waals surface area contributed by atoms with Gasteiger partial charge in [-0.25, -0.2) is 0 Å². The average Bonchev–Trinajstić information content (AvgIpc) is 3.40. The van der Waals surface area contributed by atoms with Crippen LogP contribution in [0, 0.1) is 6.92 Å². The smallest absolute Gasteiger partial charge is 0.251 e. The van der Waals surface area contributed by atoms with Crippen LogP contribution in [0.3, 0.4) is 0 Å². The van der Waals surface area contributed by atoms with Crippen LogP contribution in [-0.4, -0.2) is 57.2 Å². The maximum Gasteiger partial charge on any atom is 0.251 e. The van der Waals surface area contributed by atoms with Crippen LogP contribution in [0.25, 0.3) is 22.0 Å². The maximum atomic E-state index is 12.8. The monoisotopic (exact) mass is 454 g/mol. The van der Waals surface area contributed by atoms with Gasteiger partial charge in [-0.05, 0) is 76.2 Å². The van der Waals surface area contributed by atoms with Gasteiger partial charge < -0.3 is 10.2 Å². The molecule has 0 aliphatic carbocycles. The number of nitrogens with one attached hydrogen (secondary N) is 1. The molecule has 0 saturated heterocycles. The third kappa shape index (κ3) is 4.07. The molecule has 1 amide bonds. The molecule has 1 aromatic carbocycles. The molecular formula is C27H30N6O. The quantitative estimate of drug-likeness (QED) is 0.476. The van der Waals surface area contributed by atoms with Crippen molar-refractivity contribution in [1.29, 1.82) is 0 Å². The maximum absolute atomic E-state index is 12.8. The Morgan fingerprint density at radius 1 is 1.18 bits per heavy atom. The van der Waals surface area contributed by atoms with E-state index in [9.17, 15) is 4.79 Å². The molecule has 7 nitrogen and oxygen atoms in total. The van der Waals surface area contributed by atoms with Crippen LogP contribution in [0.15, 0.2) is 55.0 Å². The molecule has 0 radical (unpaired) electrons. The second-order valence-electron chi connectivity index (χ2n) is 9.44. The number of rotatable bonds is 6. The van der Waals surface area contributed by atoms with Crippen LogP contribution < -0.4 is 5.32 Å². The summed E-state index contributed by atoms with van der Waals surface area (Å²) in [5.74, 6) is -0.0801. The van der Waals surface area contributed by atoms with Gasteiger partial charge in [0.15, 0.2) is 0 Å². The highest BCUT2D eigenvalue weighted by Crippen LogP contribution is 2.38. The van der Waals surface area contributed by atoms with Crippen molar-refractivity contribution < 1.29 is 4.79 Å². The van der Waals surface area contributed by atoms with Gasteiger partial charge in [-0.1, -0.05) is 12.1 Å². The SMILES string of the molecule is Cc1cccnc1C1CCc2c(-c3ccnc4cc(C(=O)NC(C)CN(C)C)ccc34)cnn21. The van der Waals surface area contributed by atoms with Gasteiger partial charge in [0.1, 0.15) is 0 Å². The molecule has 0 bridgehead atoms. The number of nitrogens with zero attached hydrogens (tertiary/aromatic N) is 5. The molecule has 2 atom stereocenters. The van der Waals surface area contributed by atoms with E-state index >= 15 is 0 Å². The predicted octanol–water partition coefficient (Wildman–Crippen LogP) is 4.02.